The van der Waals surface area contributed by atoms with E-state index in [1.54, 1.807) is 12.4 Å². The van der Waals surface area contributed by atoms with Gasteiger partial charge in [0.05, 0.1) is 0 Å². The average molecular weight is 329 g/mol. The van der Waals surface area contributed by atoms with Crippen LogP contribution in [-0.2, 0) is 0 Å². The number of carbonyl (C=O) groups excluding carboxylic acids is 1. The molecule has 8 heteroatoms. The minimum atomic E-state index is -0.113. The second kappa shape index (κ2) is 6.96. The standard InChI is InChI=1S/C16H23N7O/c1-12(2)23-11-17-20-15(23)13-5-4-6-14(18-13)19-16(24)22-9-7-21(3)8-10-22/h4-6,11-12H,7-10H2,1-3H3,(H,18,19,24). The molecular formula is C16H23N7O. The van der Waals surface area contributed by atoms with Gasteiger partial charge in [-0.15, -0.1) is 10.2 Å². The molecule has 0 aromatic carbocycles. The quantitative estimate of drug-likeness (QED) is 0.927. The smallest absolute Gasteiger partial charge is 0.322 e. The highest BCUT2D eigenvalue weighted by atomic mass is 16.2. The predicted octanol–water partition coefficient (Wildman–Crippen LogP) is 1.70. The van der Waals surface area contributed by atoms with Crippen LogP contribution in [0.1, 0.15) is 19.9 Å². The fourth-order valence-electron chi connectivity index (χ4n) is 2.63. The van der Waals surface area contributed by atoms with Gasteiger partial charge in [-0.2, -0.15) is 0 Å². The molecule has 0 atom stereocenters. The Morgan fingerprint density at radius 2 is 1.96 bits per heavy atom. The first-order valence-electron chi connectivity index (χ1n) is 8.16. The van der Waals surface area contributed by atoms with Gasteiger partial charge in [0, 0.05) is 32.2 Å². The number of likely N-dealkylation sites (N-methyl/N-ethyl adjacent to an activating group) is 1. The van der Waals surface area contributed by atoms with Crippen LogP contribution >= 0.6 is 0 Å². The van der Waals surface area contributed by atoms with Gasteiger partial charge in [-0.25, -0.2) is 9.78 Å². The van der Waals surface area contributed by atoms with E-state index in [9.17, 15) is 4.79 Å². The van der Waals surface area contributed by atoms with Gasteiger partial charge in [0.15, 0.2) is 5.82 Å². The molecule has 0 bridgehead atoms. The van der Waals surface area contributed by atoms with Crippen molar-refractivity contribution in [1.82, 2.24) is 29.5 Å². The molecule has 0 saturated carbocycles. The molecule has 2 amide bonds. The van der Waals surface area contributed by atoms with Crippen molar-refractivity contribution in [3.05, 3.63) is 24.5 Å². The van der Waals surface area contributed by atoms with Crippen molar-refractivity contribution < 1.29 is 4.79 Å². The number of hydrogen-bond donors (Lipinski definition) is 1. The number of anilines is 1. The van der Waals surface area contributed by atoms with Crippen LogP contribution in [0.25, 0.3) is 11.5 Å². The van der Waals surface area contributed by atoms with Gasteiger partial charge in [-0.05, 0) is 33.0 Å². The monoisotopic (exact) mass is 329 g/mol. The maximum absolute atomic E-state index is 12.4. The molecule has 0 spiro atoms. The van der Waals surface area contributed by atoms with Crippen LogP contribution in [-0.4, -0.2) is 68.8 Å². The molecule has 1 aliphatic rings. The Hall–Kier alpha value is -2.48. The molecule has 24 heavy (non-hydrogen) atoms. The van der Waals surface area contributed by atoms with Crippen LogP contribution < -0.4 is 5.32 Å². The number of hydrogen-bond acceptors (Lipinski definition) is 5. The normalized spacial score (nSPS) is 15.8. The molecule has 2 aromatic heterocycles. The van der Waals surface area contributed by atoms with Gasteiger partial charge in [0.2, 0.25) is 0 Å². The summed E-state index contributed by atoms with van der Waals surface area (Å²) in [5.41, 5.74) is 0.692. The summed E-state index contributed by atoms with van der Waals surface area (Å²) < 4.78 is 1.95. The van der Waals surface area contributed by atoms with Crippen molar-refractivity contribution in [2.24, 2.45) is 0 Å². The van der Waals surface area contributed by atoms with Crippen LogP contribution in [0.4, 0.5) is 10.6 Å². The third-order valence-corrected chi connectivity index (χ3v) is 4.13. The van der Waals surface area contributed by atoms with Crippen molar-refractivity contribution in [2.75, 3.05) is 38.5 Å². The van der Waals surface area contributed by atoms with E-state index in [-0.39, 0.29) is 12.1 Å². The summed E-state index contributed by atoms with van der Waals surface area (Å²) in [5.74, 6) is 1.22. The van der Waals surface area contributed by atoms with Gasteiger partial charge in [-0.3, -0.25) is 5.32 Å². The lowest BCUT2D eigenvalue weighted by atomic mass is 10.3. The maximum Gasteiger partial charge on any atom is 0.323 e. The zero-order chi connectivity index (χ0) is 17.1. The van der Waals surface area contributed by atoms with Crippen LogP contribution in [0, 0.1) is 0 Å². The van der Waals surface area contributed by atoms with E-state index in [2.05, 4.69) is 46.3 Å². The second-order valence-electron chi connectivity index (χ2n) is 6.28. The summed E-state index contributed by atoms with van der Waals surface area (Å²) in [6.07, 6.45) is 1.69. The lowest BCUT2D eigenvalue weighted by Crippen LogP contribution is -2.48. The summed E-state index contributed by atoms with van der Waals surface area (Å²) in [6, 6.07) is 5.64. The molecule has 3 heterocycles. The molecule has 3 rings (SSSR count). The molecule has 2 aromatic rings. The number of amides is 2. The van der Waals surface area contributed by atoms with Crippen molar-refractivity contribution in [2.45, 2.75) is 19.9 Å². The molecule has 1 aliphatic heterocycles. The number of piperazine rings is 1. The van der Waals surface area contributed by atoms with Crippen LogP contribution in [0.15, 0.2) is 24.5 Å². The van der Waals surface area contributed by atoms with Gasteiger partial charge < -0.3 is 14.4 Å². The Morgan fingerprint density at radius 1 is 1.21 bits per heavy atom. The first-order chi connectivity index (χ1) is 11.5. The SMILES string of the molecule is CC(C)n1cnnc1-c1cccc(NC(=O)N2CCN(C)CC2)n1. The fraction of sp³-hybridized carbons (Fsp3) is 0.500. The molecule has 0 aliphatic carbocycles. The molecular weight excluding hydrogens is 306 g/mol. The Labute approximate surface area is 141 Å². The Balaban J connectivity index is 1.74. The number of rotatable bonds is 3. The van der Waals surface area contributed by atoms with Crippen molar-refractivity contribution >= 4 is 11.8 Å². The molecule has 0 radical (unpaired) electrons. The number of nitrogens with zero attached hydrogens (tertiary/aromatic N) is 6. The molecule has 1 saturated heterocycles. The maximum atomic E-state index is 12.4. The summed E-state index contributed by atoms with van der Waals surface area (Å²) in [7, 11) is 2.06. The zero-order valence-electron chi connectivity index (χ0n) is 14.3. The lowest BCUT2D eigenvalue weighted by molar-refractivity contribution is 0.164. The third-order valence-electron chi connectivity index (χ3n) is 4.13. The van der Waals surface area contributed by atoms with E-state index in [1.807, 2.05) is 21.6 Å². The van der Waals surface area contributed by atoms with E-state index < -0.39 is 0 Å². The highest BCUT2D eigenvalue weighted by Crippen LogP contribution is 2.19. The molecule has 1 fully saturated rings. The van der Waals surface area contributed by atoms with E-state index in [4.69, 9.17) is 0 Å². The van der Waals surface area contributed by atoms with Gasteiger partial charge in [0.25, 0.3) is 0 Å². The van der Waals surface area contributed by atoms with Gasteiger partial charge >= 0.3 is 6.03 Å². The number of nitrogens with one attached hydrogen (secondary N) is 1. The highest BCUT2D eigenvalue weighted by Gasteiger charge is 2.19. The second-order valence-corrected chi connectivity index (χ2v) is 6.28. The first kappa shape index (κ1) is 16.4. The van der Waals surface area contributed by atoms with Crippen LogP contribution in [0.2, 0.25) is 0 Å². The largest absolute Gasteiger partial charge is 0.323 e. The average Bonchev–Trinajstić information content (AvgIpc) is 3.05. The summed E-state index contributed by atoms with van der Waals surface area (Å²) in [4.78, 5) is 20.9. The number of aromatic nitrogens is 4. The van der Waals surface area contributed by atoms with E-state index in [0.717, 1.165) is 26.2 Å². The van der Waals surface area contributed by atoms with E-state index in [0.29, 0.717) is 17.3 Å². The minimum absolute atomic E-state index is 0.113. The number of carbonyl (C=O) groups is 1. The Bertz CT molecular complexity index is 704. The Kier molecular flexibility index (Phi) is 4.75. The topological polar surface area (TPSA) is 79.2 Å². The first-order valence-corrected chi connectivity index (χ1v) is 8.16. The van der Waals surface area contributed by atoms with Crippen LogP contribution in [0.3, 0.4) is 0 Å². The summed E-state index contributed by atoms with van der Waals surface area (Å²) in [5, 5.41) is 11.0. The number of urea groups is 1. The Morgan fingerprint density at radius 3 is 2.67 bits per heavy atom. The van der Waals surface area contributed by atoms with Crippen molar-refractivity contribution in [1.29, 1.82) is 0 Å². The fourth-order valence-corrected chi connectivity index (χ4v) is 2.63. The van der Waals surface area contributed by atoms with E-state index in [1.165, 1.54) is 0 Å². The van der Waals surface area contributed by atoms with Gasteiger partial charge in [-0.1, -0.05) is 6.07 Å². The van der Waals surface area contributed by atoms with Gasteiger partial charge in [0.1, 0.15) is 17.8 Å². The van der Waals surface area contributed by atoms with Crippen molar-refractivity contribution in [3.8, 4) is 11.5 Å². The van der Waals surface area contributed by atoms with E-state index >= 15 is 0 Å². The van der Waals surface area contributed by atoms with Crippen molar-refractivity contribution in [3.63, 3.8) is 0 Å². The highest BCUT2D eigenvalue weighted by molar-refractivity contribution is 5.88. The molecule has 8 nitrogen and oxygen atoms in total. The third kappa shape index (κ3) is 3.53. The van der Waals surface area contributed by atoms with Crippen LogP contribution in [0.5, 0.6) is 0 Å². The molecule has 128 valence electrons. The lowest BCUT2D eigenvalue weighted by Gasteiger charge is -2.32. The minimum Gasteiger partial charge on any atom is -0.322 e. The predicted molar refractivity (Wildman–Crippen MR) is 91.7 cm³/mol. The molecule has 1 N–H and O–H groups in total. The summed E-state index contributed by atoms with van der Waals surface area (Å²) in [6.45, 7) is 7.35. The number of pyridine rings is 1. The zero-order valence-corrected chi connectivity index (χ0v) is 14.3. The molecule has 0 unspecified atom stereocenters. The summed E-state index contributed by atoms with van der Waals surface area (Å²) >= 11 is 0.